The van der Waals surface area contributed by atoms with Gasteiger partial charge in [-0.15, -0.1) is 0 Å². The van der Waals surface area contributed by atoms with E-state index in [4.69, 9.17) is 0 Å². The number of likely N-dealkylation sites (tertiary alicyclic amines) is 1. The van der Waals surface area contributed by atoms with E-state index in [0.717, 1.165) is 6.54 Å². The zero-order valence-electron chi connectivity index (χ0n) is 9.45. The summed E-state index contributed by atoms with van der Waals surface area (Å²) >= 11 is 0. The highest BCUT2D eigenvalue weighted by molar-refractivity contribution is 5.69. The maximum absolute atomic E-state index is 11.1. The van der Waals surface area contributed by atoms with Crippen molar-refractivity contribution in [2.24, 2.45) is 0 Å². The van der Waals surface area contributed by atoms with Crippen LogP contribution in [-0.4, -0.2) is 36.6 Å². The predicted octanol–water partition coefficient (Wildman–Crippen LogP) is 1.81. The second kappa shape index (κ2) is 5.35. The van der Waals surface area contributed by atoms with Crippen LogP contribution in [0.2, 0.25) is 0 Å². The van der Waals surface area contributed by atoms with Crippen LogP contribution in [0, 0.1) is 0 Å². The van der Waals surface area contributed by atoms with Gasteiger partial charge in [-0.25, -0.2) is 0 Å². The average Bonchev–Trinajstić information content (AvgIpc) is 2.18. The van der Waals surface area contributed by atoms with Crippen LogP contribution in [0.4, 0.5) is 0 Å². The summed E-state index contributed by atoms with van der Waals surface area (Å²) < 4.78 is 4.68. The molecule has 14 heavy (non-hydrogen) atoms. The van der Waals surface area contributed by atoms with Crippen molar-refractivity contribution in [1.82, 2.24) is 4.90 Å². The van der Waals surface area contributed by atoms with E-state index in [1.165, 1.54) is 26.4 Å². The van der Waals surface area contributed by atoms with Crippen LogP contribution in [-0.2, 0) is 9.53 Å². The molecule has 0 amide bonds. The third kappa shape index (κ3) is 2.98. The summed E-state index contributed by atoms with van der Waals surface area (Å²) in [5.74, 6) is -0.102. The summed E-state index contributed by atoms with van der Waals surface area (Å²) in [5.41, 5.74) is 0. The molecule has 0 bridgehead atoms. The van der Waals surface area contributed by atoms with Gasteiger partial charge in [-0.05, 0) is 33.2 Å². The van der Waals surface area contributed by atoms with Crippen molar-refractivity contribution >= 4 is 5.97 Å². The molecule has 1 heterocycles. The van der Waals surface area contributed by atoms with Crippen LogP contribution in [0.15, 0.2) is 0 Å². The lowest BCUT2D eigenvalue weighted by Crippen LogP contribution is -2.44. The number of nitrogens with zero attached hydrogens (tertiary/aromatic N) is 1. The number of carbonyl (C=O) groups is 1. The molecule has 3 heteroatoms. The molecule has 0 radical (unpaired) electrons. The second-order valence-electron chi connectivity index (χ2n) is 4.21. The maximum atomic E-state index is 11.1. The molecule has 0 aromatic rings. The monoisotopic (exact) mass is 199 g/mol. The van der Waals surface area contributed by atoms with E-state index in [0.29, 0.717) is 18.5 Å². The minimum absolute atomic E-state index is 0.102. The fourth-order valence-electron chi connectivity index (χ4n) is 2.22. The van der Waals surface area contributed by atoms with E-state index in [9.17, 15) is 4.79 Å². The summed E-state index contributed by atoms with van der Waals surface area (Å²) in [6.07, 6.45) is 4.35. The molecule has 0 spiro atoms. The lowest BCUT2D eigenvalue weighted by Gasteiger charge is -2.37. The van der Waals surface area contributed by atoms with Gasteiger partial charge in [0.1, 0.15) is 0 Å². The van der Waals surface area contributed by atoms with E-state index in [1.54, 1.807) is 0 Å². The number of hydrogen-bond donors (Lipinski definition) is 0. The molecular weight excluding hydrogens is 178 g/mol. The molecule has 0 aromatic carbocycles. The van der Waals surface area contributed by atoms with Gasteiger partial charge in [0, 0.05) is 12.1 Å². The van der Waals surface area contributed by atoms with Gasteiger partial charge in [-0.3, -0.25) is 9.69 Å². The molecule has 0 saturated carbocycles. The fraction of sp³-hybridized carbons (Fsp3) is 0.909. The van der Waals surface area contributed by atoms with Gasteiger partial charge in [0.2, 0.25) is 0 Å². The smallest absolute Gasteiger partial charge is 0.307 e. The minimum atomic E-state index is -0.102. The van der Waals surface area contributed by atoms with E-state index >= 15 is 0 Å². The summed E-state index contributed by atoms with van der Waals surface area (Å²) in [4.78, 5) is 13.5. The first-order valence-corrected chi connectivity index (χ1v) is 5.47. The van der Waals surface area contributed by atoms with Crippen LogP contribution >= 0.6 is 0 Å². The average molecular weight is 199 g/mol. The predicted molar refractivity (Wildman–Crippen MR) is 56.1 cm³/mol. The Labute approximate surface area is 86.4 Å². The highest BCUT2D eigenvalue weighted by atomic mass is 16.5. The van der Waals surface area contributed by atoms with Crippen molar-refractivity contribution in [2.75, 3.05) is 13.7 Å². The van der Waals surface area contributed by atoms with Crippen LogP contribution in [0.1, 0.15) is 39.5 Å². The molecule has 1 aliphatic rings. The number of piperidine rings is 1. The molecule has 1 saturated heterocycles. The summed E-state index contributed by atoms with van der Waals surface area (Å²) in [5, 5.41) is 0. The Bertz CT molecular complexity index is 194. The Morgan fingerprint density at radius 1 is 1.57 bits per heavy atom. The lowest BCUT2D eigenvalue weighted by molar-refractivity contribution is -0.142. The maximum Gasteiger partial charge on any atom is 0.307 e. The first-order valence-electron chi connectivity index (χ1n) is 5.47. The molecule has 1 fully saturated rings. The number of ether oxygens (including phenoxy) is 1. The summed E-state index contributed by atoms with van der Waals surface area (Å²) in [7, 11) is 1.45. The Morgan fingerprint density at radius 2 is 2.29 bits per heavy atom. The highest BCUT2D eigenvalue weighted by Crippen LogP contribution is 2.20. The van der Waals surface area contributed by atoms with Crippen molar-refractivity contribution in [3.63, 3.8) is 0 Å². The molecule has 3 nitrogen and oxygen atoms in total. The lowest BCUT2D eigenvalue weighted by atomic mass is 10.0. The van der Waals surface area contributed by atoms with Crippen molar-refractivity contribution in [3.05, 3.63) is 0 Å². The second-order valence-corrected chi connectivity index (χ2v) is 4.21. The fourth-order valence-corrected chi connectivity index (χ4v) is 2.22. The van der Waals surface area contributed by atoms with Gasteiger partial charge in [0.15, 0.2) is 0 Å². The first-order chi connectivity index (χ1) is 6.65. The number of rotatable bonds is 3. The molecule has 82 valence electrons. The highest BCUT2D eigenvalue weighted by Gasteiger charge is 2.24. The Morgan fingerprint density at radius 3 is 2.86 bits per heavy atom. The SMILES string of the molecule is COC(=O)CC(C)N1CCCCC1C. The largest absolute Gasteiger partial charge is 0.469 e. The van der Waals surface area contributed by atoms with Crippen molar-refractivity contribution in [1.29, 1.82) is 0 Å². The number of hydrogen-bond acceptors (Lipinski definition) is 3. The van der Waals surface area contributed by atoms with E-state index in [1.807, 2.05) is 0 Å². The van der Waals surface area contributed by atoms with Crippen LogP contribution < -0.4 is 0 Å². The molecule has 2 atom stereocenters. The van der Waals surface area contributed by atoms with E-state index in [-0.39, 0.29) is 5.97 Å². The summed E-state index contributed by atoms with van der Waals surface area (Å²) in [6, 6.07) is 0.932. The minimum Gasteiger partial charge on any atom is -0.469 e. The van der Waals surface area contributed by atoms with Gasteiger partial charge < -0.3 is 4.74 Å². The first kappa shape index (κ1) is 11.5. The standard InChI is InChI=1S/C11H21NO2/c1-9-6-4-5-7-12(9)10(2)8-11(13)14-3/h9-10H,4-8H2,1-3H3. The van der Waals surface area contributed by atoms with E-state index < -0.39 is 0 Å². The van der Waals surface area contributed by atoms with Crippen molar-refractivity contribution in [2.45, 2.75) is 51.6 Å². The third-order valence-electron chi connectivity index (χ3n) is 3.11. The Balaban J connectivity index is 2.41. The van der Waals surface area contributed by atoms with Crippen molar-refractivity contribution in [3.8, 4) is 0 Å². The zero-order valence-corrected chi connectivity index (χ0v) is 9.45. The van der Waals surface area contributed by atoms with Crippen LogP contribution in [0.5, 0.6) is 0 Å². The molecule has 0 aromatic heterocycles. The quantitative estimate of drug-likeness (QED) is 0.649. The number of esters is 1. The number of carbonyl (C=O) groups excluding carboxylic acids is 1. The number of methoxy groups -OCH3 is 1. The van der Waals surface area contributed by atoms with Gasteiger partial charge >= 0.3 is 5.97 Å². The third-order valence-corrected chi connectivity index (χ3v) is 3.11. The van der Waals surface area contributed by atoms with Crippen molar-refractivity contribution < 1.29 is 9.53 Å². The molecule has 1 rings (SSSR count). The molecule has 1 aliphatic heterocycles. The van der Waals surface area contributed by atoms with E-state index in [2.05, 4.69) is 23.5 Å². The topological polar surface area (TPSA) is 29.5 Å². The summed E-state index contributed by atoms with van der Waals surface area (Å²) in [6.45, 7) is 5.48. The Kier molecular flexibility index (Phi) is 4.39. The normalized spacial score (nSPS) is 25.8. The van der Waals surface area contributed by atoms with Crippen LogP contribution in [0.3, 0.4) is 0 Å². The van der Waals surface area contributed by atoms with Gasteiger partial charge in [0.25, 0.3) is 0 Å². The van der Waals surface area contributed by atoms with Crippen LogP contribution in [0.25, 0.3) is 0 Å². The van der Waals surface area contributed by atoms with Gasteiger partial charge in [-0.1, -0.05) is 6.42 Å². The Hall–Kier alpha value is -0.570. The molecule has 0 N–H and O–H groups in total. The zero-order chi connectivity index (χ0) is 10.6. The van der Waals surface area contributed by atoms with Gasteiger partial charge in [0.05, 0.1) is 13.5 Å². The van der Waals surface area contributed by atoms with Gasteiger partial charge in [-0.2, -0.15) is 0 Å². The molecule has 0 aliphatic carbocycles. The molecular formula is C11H21NO2. The molecule has 2 unspecified atom stereocenters.